The molecule has 0 radical (unpaired) electrons. The third-order valence-electron chi connectivity index (χ3n) is 4.87. The first-order valence-electron chi connectivity index (χ1n) is 7.99. The molecule has 2 nitrogen and oxygen atoms in total. The van der Waals surface area contributed by atoms with Crippen LogP contribution in [0.5, 0.6) is 0 Å². The topological polar surface area (TPSA) is 28.7 Å². The lowest BCUT2D eigenvalue weighted by molar-refractivity contribution is 1.36. The van der Waals surface area contributed by atoms with Gasteiger partial charge in [0.25, 0.3) is 0 Å². The summed E-state index contributed by atoms with van der Waals surface area (Å²) >= 11 is 1.71. The van der Waals surface area contributed by atoms with Crippen LogP contribution in [0.25, 0.3) is 54.1 Å². The summed E-state index contributed by atoms with van der Waals surface area (Å²) < 4.78 is 0. The molecule has 0 unspecified atom stereocenters. The first kappa shape index (κ1) is 12.5. The molecule has 2 heterocycles. The SMILES string of the molecule is c1csc(-c2nc3c4cccc5ccc6cccc(c3[nH]2)c6c54)c1. The zero-order chi connectivity index (χ0) is 15.7. The first-order valence-corrected chi connectivity index (χ1v) is 8.87. The summed E-state index contributed by atoms with van der Waals surface area (Å²) in [7, 11) is 0. The molecule has 0 bridgehead atoms. The average Bonchev–Trinajstić information content (AvgIpc) is 3.30. The minimum Gasteiger partial charge on any atom is -0.337 e. The fourth-order valence-corrected chi connectivity index (χ4v) is 4.52. The van der Waals surface area contributed by atoms with Crippen LogP contribution < -0.4 is 0 Å². The summed E-state index contributed by atoms with van der Waals surface area (Å²) in [6.07, 6.45) is 0. The second-order valence-electron chi connectivity index (χ2n) is 6.16. The van der Waals surface area contributed by atoms with Crippen molar-refractivity contribution in [1.29, 1.82) is 0 Å². The fraction of sp³-hybridized carbons (Fsp3) is 0. The van der Waals surface area contributed by atoms with Gasteiger partial charge in [0.1, 0.15) is 5.82 Å². The Kier molecular flexibility index (Phi) is 2.26. The Hall–Kier alpha value is -2.91. The van der Waals surface area contributed by atoms with E-state index in [1.165, 1.54) is 37.2 Å². The van der Waals surface area contributed by atoms with Gasteiger partial charge in [0.05, 0.1) is 15.9 Å². The number of nitrogens with one attached hydrogen (secondary N) is 1. The Morgan fingerprint density at radius 3 is 2.25 bits per heavy atom. The standard InChI is InChI=1S/C21H12N2S/c1-4-12-9-10-13-5-2-7-15-18(13)17(12)14(6-1)19-20(15)23-21(22-19)16-8-3-11-24-16/h1-11H,(H,22,23). The van der Waals surface area contributed by atoms with Crippen molar-refractivity contribution in [2.75, 3.05) is 0 Å². The van der Waals surface area contributed by atoms with E-state index in [1.807, 2.05) is 0 Å². The summed E-state index contributed by atoms with van der Waals surface area (Å²) in [4.78, 5) is 9.71. The number of hydrogen-bond donors (Lipinski definition) is 1. The Morgan fingerprint density at radius 1 is 0.750 bits per heavy atom. The van der Waals surface area contributed by atoms with E-state index >= 15 is 0 Å². The predicted octanol–water partition coefficient (Wildman–Crippen LogP) is 6.19. The van der Waals surface area contributed by atoms with Crippen LogP contribution in [0.15, 0.2) is 66.0 Å². The number of hydrogen-bond acceptors (Lipinski definition) is 2. The van der Waals surface area contributed by atoms with Crippen molar-refractivity contribution in [3.8, 4) is 10.7 Å². The van der Waals surface area contributed by atoms with E-state index in [9.17, 15) is 0 Å². The van der Waals surface area contributed by atoms with E-state index in [0.29, 0.717) is 0 Å². The second-order valence-corrected chi connectivity index (χ2v) is 7.11. The highest BCUT2D eigenvalue weighted by molar-refractivity contribution is 7.13. The number of aromatic nitrogens is 2. The van der Waals surface area contributed by atoms with Crippen molar-refractivity contribution in [2.45, 2.75) is 0 Å². The molecular weight excluding hydrogens is 312 g/mol. The number of H-pyrrole nitrogens is 1. The number of nitrogens with zero attached hydrogens (tertiary/aromatic N) is 1. The van der Waals surface area contributed by atoms with Gasteiger partial charge in [-0.05, 0) is 33.0 Å². The van der Waals surface area contributed by atoms with Gasteiger partial charge in [0, 0.05) is 10.8 Å². The molecule has 0 aliphatic carbocycles. The van der Waals surface area contributed by atoms with E-state index in [0.717, 1.165) is 16.9 Å². The van der Waals surface area contributed by atoms with Gasteiger partial charge in [0.15, 0.2) is 0 Å². The van der Waals surface area contributed by atoms with Gasteiger partial charge in [-0.3, -0.25) is 0 Å². The van der Waals surface area contributed by atoms with Crippen LogP contribution in [0, 0.1) is 0 Å². The first-order chi connectivity index (χ1) is 11.9. The quantitative estimate of drug-likeness (QED) is 0.359. The molecule has 0 aliphatic rings. The van der Waals surface area contributed by atoms with E-state index in [-0.39, 0.29) is 0 Å². The van der Waals surface area contributed by atoms with Gasteiger partial charge < -0.3 is 4.98 Å². The molecule has 6 rings (SSSR count). The fourth-order valence-electron chi connectivity index (χ4n) is 3.85. The number of thiophene rings is 1. The Morgan fingerprint density at radius 2 is 1.50 bits per heavy atom. The van der Waals surface area contributed by atoms with E-state index in [4.69, 9.17) is 4.98 Å². The molecule has 0 saturated heterocycles. The summed E-state index contributed by atoms with van der Waals surface area (Å²) in [5.41, 5.74) is 2.20. The van der Waals surface area contributed by atoms with Crippen LogP contribution in [0.1, 0.15) is 0 Å². The smallest absolute Gasteiger partial charge is 0.148 e. The zero-order valence-electron chi connectivity index (χ0n) is 12.7. The minimum atomic E-state index is 0.955. The number of aromatic amines is 1. The molecular formula is C21H12N2S. The third kappa shape index (κ3) is 1.47. The van der Waals surface area contributed by atoms with Crippen LogP contribution in [0.2, 0.25) is 0 Å². The lowest BCUT2D eigenvalue weighted by Gasteiger charge is -2.11. The van der Waals surface area contributed by atoms with Crippen LogP contribution in [-0.4, -0.2) is 9.97 Å². The van der Waals surface area contributed by atoms with E-state index < -0.39 is 0 Å². The third-order valence-corrected chi connectivity index (χ3v) is 5.75. The van der Waals surface area contributed by atoms with Crippen molar-refractivity contribution in [2.24, 2.45) is 0 Å². The van der Waals surface area contributed by atoms with Crippen molar-refractivity contribution < 1.29 is 0 Å². The molecule has 2 aromatic heterocycles. The van der Waals surface area contributed by atoms with Crippen molar-refractivity contribution in [3.05, 3.63) is 66.0 Å². The summed E-state index contributed by atoms with van der Waals surface area (Å²) in [5.74, 6) is 0.955. The van der Waals surface area contributed by atoms with Gasteiger partial charge in [-0.25, -0.2) is 4.98 Å². The minimum absolute atomic E-state index is 0.955. The molecule has 4 aromatic carbocycles. The van der Waals surface area contributed by atoms with Crippen molar-refractivity contribution >= 4 is 54.7 Å². The Bertz CT molecular complexity index is 1260. The largest absolute Gasteiger partial charge is 0.337 e. The van der Waals surface area contributed by atoms with Crippen LogP contribution in [0.3, 0.4) is 0 Å². The molecule has 3 heteroatoms. The maximum atomic E-state index is 4.96. The summed E-state index contributed by atoms with van der Waals surface area (Å²) in [6.45, 7) is 0. The molecule has 24 heavy (non-hydrogen) atoms. The number of fused-ring (bicyclic) bond motifs is 3. The van der Waals surface area contributed by atoms with Crippen molar-refractivity contribution in [3.63, 3.8) is 0 Å². The lowest BCUT2D eigenvalue weighted by atomic mass is 9.93. The summed E-state index contributed by atoms with van der Waals surface area (Å²) in [5, 5.41) is 9.78. The molecule has 1 N–H and O–H groups in total. The molecule has 0 fully saturated rings. The Labute approximate surface area is 141 Å². The highest BCUT2D eigenvalue weighted by Gasteiger charge is 2.16. The average molecular weight is 324 g/mol. The molecule has 0 aliphatic heterocycles. The highest BCUT2D eigenvalue weighted by Crippen LogP contribution is 2.40. The van der Waals surface area contributed by atoms with Gasteiger partial charge >= 0.3 is 0 Å². The maximum Gasteiger partial charge on any atom is 0.148 e. The van der Waals surface area contributed by atoms with Crippen molar-refractivity contribution in [1.82, 2.24) is 9.97 Å². The van der Waals surface area contributed by atoms with E-state index in [2.05, 4.69) is 71.0 Å². The van der Waals surface area contributed by atoms with Crippen LogP contribution >= 0.6 is 11.3 Å². The number of rotatable bonds is 1. The second kappa shape index (κ2) is 4.34. The molecule has 112 valence electrons. The van der Waals surface area contributed by atoms with Gasteiger partial charge in [-0.1, -0.05) is 54.6 Å². The van der Waals surface area contributed by atoms with E-state index in [1.54, 1.807) is 11.3 Å². The van der Waals surface area contributed by atoms with Gasteiger partial charge in [-0.2, -0.15) is 0 Å². The summed E-state index contributed by atoms with van der Waals surface area (Å²) in [6, 6.07) is 21.6. The molecule has 0 saturated carbocycles. The highest BCUT2D eigenvalue weighted by atomic mass is 32.1. The zero-order valence-corrected chi connectivity index (χ0v) is 13.5. The maximum absolute atomic E-state index is 4.96. The molecule has 0 amide bonds. The normalized spacial score (nSPS) is 12.2. The van der Waals surface area contributed by atoms with Crippen LogP contribution in [-0.2, 0) is 0 Å². The molecule has 0 spiro atoms. The van der Waals surface area contributed by atoms with Crippen LogP contribution in [0.4, 0.5) is 0 Å². The van der Waals surface area contributed by atoms with Gasteiger partial charge in [-0.15, -0.1) is 11.3 Å². The predicted molar refractivity (Wildman–Crippen MR) is 103 cm³/mol. The monoisotopic (exact) mass is 324 g/mol. The Balaban J connectivity index is 1.93. The molecule has 6 aromatic rings. The van der Waals surface area contributed by atoms with Gasteiger partial charge in [0.2, 0.25) is 0 Å². The lowest BCUT2D eigenvalue weighted by Crippen LogP contribution is -1.85. The number of imidazole rings is 1. The molecule has 0 atom stereocenters. The number of benzene rings is 4.